The van der Waals surface area contributed by atoms with Crippen molar-refractivity contribution in [1.82, 2.24) is 9.88 Å². The summed E-state index contributed by atoms with van der Waals surface area (Å²) in [7, 11) is 3.21. The number of hydrogen-bond donors (Lipinski definition) is 0. The van der Waals surface area contributed by atoms with E-state index in [2.05, 4.69) is 4.98 Å². The molecule has 218 valence electrons. The summed E-state index contributed by atoms with van der Waals surface area (Å²) in [5.74, 6) is 0.998. The lowest BCUT2D eigenvalue weighted by Crippen LogP contribution is -2.31. The summed E-state index contributed by atoms with van der Waals surface area (Å²) >= 11 is 6.44. The van der Waals surface area contributed by atoms with Crippen LogP contribution in [0.3, 0.4) is 0 Å². The van der Waals surface area contributed by atoms with Gasteiger partial charge in [-0.05, 0) is 65.6 Å². The molecule has 4 aromatic rings. The van der Waals surface area contributed by atoms with Crippen LogP contribution in [0.1, 0.15) is 35.2 Å². The molecule has 3 aromatic carbocycles. The Hall–Kier alpha value is -4.18. The Morgan fingerprint density at radius 1 is 0.905 bits per heavy atom. The van der Waals surface area contributed by atoms with Gasteiger partial charge in [0.1, 0.15) is 30.5 Å². The molecule has 0 saturated heterocycles. The Labute approximate surface area is 248 Å². The lowest BCUT2D eigenvalue weighted by Gasteiger charge is -2.22. The maximum atomic E-state index is 13.1. The first kappa shape index (κ1) is 29.3. The molecule has 0 saturated carbocycles. The molecule has 0 spiro atoms. The fourth-order valence-electron chi connectivity index (χ4n) is 4.92. The predicted molar refractivity (Wildman–Crippen MR) is 157 cm³/mol. The number of pyridine rings is 1. The quantitative estimate of drug-likeness (QED) is 0.163. The lowest BCUT2D eigenvalue weighted by molar-refractivity contribution is -0.140. The van der Waals surface area contributed by atoms with Crippen molar-refractivity contribution in [3.8, 4) is 17.2 Å². The van der Waals surface area contributed by atoms with Crippen LogP contribution >= 0.6 is 11.6 Å². The molecule has 5 rings (SSSR count). The van der Waals surface area contributed by atoms with Crippen molar-refractivity contribution in [2.75, 3.05) is 27.4 Å². The van der Waals surface area contributed by atoms with Gasteiger partial charge < -0.3 is 28.6 Å². The molecule has 1 aliphatic rings. The third kappa shape index (κ3) is 6.65. The lowest BCUT2D eigenvalue weighted by atomic mass is 10.0. The van der Waals surface area contributed by atoms with Gasteiger partial charge in [0.25, 0.3) is 0 Å². The molecule has 42 heavy (non-hydrogen) atoms. The number of nitrogens with zero attached hydrogens (tertiary/aromatic N) is 2. The summed E-state index contributed by atoms with van der Waals surface area (Å²) < 4.78 is 27.1. The minimum Gasteiger partial charge on any atom is -0.497 e. The van der Waals surface area contributed by atoms with Crippen LogP contribution < -0.4 is 14.2 Å². The smallest absolute Gasteiger partial charge is 0.337 e. The summed E-state index contributed by atoms with van der Waals surface area (Å²) in [6.45, 7) is 2.61. The van der Waals surface area contributed by atoms with E-state index in [9.17, 15) is 9.59 Å². The highest BCUT2D eigenvalue weighted by molar-refractivity contribution is 6.33. The third-order valence-corrected chi connectivity index (χ3v) is 7.41. The normalized spacial score (nSPS) is 14.1. The SMILES string of the molecule is COc1ccc(COCC(=O)Oc2cc3c4c(cnc3cc2Cl)CN(C(=O)COCc2ccc(OC)cc2)[C@H]4C)cc1. The number of carbonyl (C=O) groups is 2. The molecule has 0 radical (unpaired) electrons. The number of amides is 1. The molecular weight excluding hydrogens is 560 g/mol. The van der Waals surface area contributed by atoms with Crippen LogP contribution in [0.2, 0.25) is 5.02 Å². The second kappa shape index (κ2) is 13.2. The van der Waals surface area contributed by atoms with Gasteiger partial charge in [0.15, 0.2) is 0 Å². The van der Waals surface area contributed by atoms with Crippen molar-refractivity contribution < 1.29 is 33.3 Å². The number of methoxy groups -OCH3 is 2. The number of carbonyl (C=O) groups excluding carboxylic acids is 2. The highest BCUT2D eigenvalue weighted by Gasteiger charge is 2.32. The number of ether oxygens (including phenoxy) is 5. The van der Waals surface area contributed by atoms with E-state index in [0.717, 1.165) is 39.1 Å². The van der Waals surface area contributed by atoms with E-state index < -0.39 is 5.97 Å². The van der Waals surface area contributed by atoms with Crippen LogP contribution in [-0.4, -0.2) is 49.2 Å². The number of fused-ring (bicyclic) bond motifs is 3. The zero-order valence-electron chi connectivity index (χ0n) is 23.6. The van der Waals surface area contributed by atoms with Crippen LogP contribution in [0.25, 0.3) is 10.9 Å². The summed E-state index contributed by atoms with van der Waals surface area (Å²) in [6.07, 6.45) is 1.76. The minimum atomic E-state index is -0.579. The summed E-state index contributed by atoms with van der Waals surface area (Å²) in [5.41, 5.74) is 4.34. The van der Waals surface area contributed by atoms with Gasteiger partial charge in [-0.15, -0.1) is 0 Å². The average Bonchev–Trinajstić information content (AvgIpc) is 3.35. The van der Waals surface area contributed by atoms with Crippen LogP contribution in [0.4, 0.5) is 0 Å². The standard InChI is InChI=1S/C32H31ClN2O7/c1-20-32-23(15-35(20)30(36)18-40-16-21-4-8-24(38-2)9-5-21)14-34-28-13-27(33)29(12-26(28)32)42-31(37)19-41-17-22-6-10-25(39-3)11-7-22/h4-14,20H,15-19H2,1-3H3/t20-/m0/s1. The average molecular weight is 591 g/mol. The Kier molecular flexibility index (Phi) is 9.22. The predicted octanol–water partition coefficient (Wildman–Crippen LogP) is 5.65. The molecule has 1 aliphatic heterocycles. The number of hydrogen-bond acceptors (Lipinski definition) is 8. The molecule has 0 bridgehead atoms. The van der Waals surface area contributed by atoms with E-state index in [1.54, 1.807) is 37.4 Å². The van der Waals surface area contributed by atoms with Gasteiger partial charge in [0, 0.05) is 18.1 Å². The Morgan fingerprint density at radius 2 is 1.50 bits per heavy atom. The van der Waals surface area contributed by atoms with E-state index >= 15 is 0 Å². The molecule has 1 aromatic heterocycles. The topological polar surface area (TPSA) is 96.4 Å². The highest BCUT2D eigenvalue weighted by atomic mass is 35.5. The molecule has 9 nitrogen and oxygen atoms in total. The second-order valence-electron chi connectivity index (χ2n) is 9.85. The largest absolute Gasteiger partial charge is 0.497 e. The summed E-state index contributed by atoms with van der Waals surface area (Å²) in [5, 5.41) is 1.02. The molecule has 2 heterocycles. The second-order valence-corrected chi connectivity index (χ2v) is 10.3. The van der Waals surface area contributed by atoms with Crippen LogP contribution in [0, 0.1) is 0 Å². The van der Waals surface area contributed by atoms with Gasteiger partial charge >= 0.3 is 5.97 Å². The molecule has 1 amide bonds. The molecule has 0 fully saturated rings. The molecule has 0 unspecified atom stereocenters. The van der Waals surface area contributed by atoms with Crippen molar-refractivity contribution in [3.63, 3.8) is 0 Å². The van der Waals surface area contributed by atoms with Gasteiger partial charge in [-0.2, -0.15) is 0 Å². The van der Waals surface area contributed by atoms with E-state index in [-0.39, 0.29) is 42.5 Å². The minimum absolute atomic E-state index is 0.0546. The Balaban J connectivity index is 1.21. The van der Waals surface area contributed by atoms with Gasteiger partial charge in [-0.1, -0.05) is 35.9 Å². The van der Waals surface area contributed by atoms with E-state index in [1.807, 2.05) is 55.5 Å². The number of rotatable bonds is 11. The highest BCUT2D eigenvalue weighted by Crippen LogP contribution is 2.40. The van der Waals surface area contributed by atoms with Crippen LogP contribution in [0.15, 0.2) is 66.9 Å². The zero-order valence-corrected chi connectivity index (χ0v) is 24.3. The monoisotopic (exact) mass is 590 g/mol. The van der Waals surface area contributed by atoms with E-state index in [0.29, 0.717) is 18.7 Å². The molecular formula is C32H31ClN2O7. The number of benzene rings is 3. The maximum Gasteiger partial charge on any atom is 0.337 e. The molecule has 10 heteroatoms. The first-order chi connectivity index (χ1) is 20.4. The number of aromatic nitrogens is 1. The van der Waals surface area contributed by atoms with Crippen molar-refractivity contribution in [2.24, 2.45) is 0 Å². The van der Waals surface area contributed by atoms with Crippen molar-refractivity contribution in [1.29, 1.82) is 0 Å². The van der Waals surface area contributed by atoms with Crippen LogP contribution in [-0.2, 0) is 38.8 Å². The maximum absolute atomic E-state index is 13.1. The van der Waals surface area contributed by atoms with Gasteiger partial charge in [-0.3, -0.25) is 9.78 Å². The summed E-state index contributed by atoms with van der Waals surface area (Å²) in [4.78, 5) is 31.9. The van der Waals surface area contributed by atoms with Gasteiger partial charge in [-0.25, -0.2) is 4.79 Å². The molecule has 0 aliphatic carbocycles. The van der Waals surface area contributed by atoms with Gasteiger partial charge in [0.05, 0.1) is 44.0 Å². The number of esters is 1. The van der Waals surface area contributed by atoms with Crippen molar-refractivity contribution >= 4 is 34.4 Å². The number of halogens is 1. The van der Waals surface area contributed by atoms with E-state index in [1.165, 1.54) is 0 Å². The fourth-order valence-corrected chi connectivity index (χ4v) is 5.12. The van der Waals surface area contributed by atoms with Crippen molar-refractivity contribution in [3.05, 3.63) is 94.1 Å². The van der Waals surface area contributed by atoms with Crippen LogP contribution in [0.5, 0.6) is 17.2 Å². The summed E-state index contributed by atoms with van der Waals surface area (Å²) in [6, 6.07) is 18.0. The fraction of sp³-hybridized carbons (Fsp3) is 0.281. The zero-order chi connectivity index (χ0) is 29.6. The van der Waals surface area contributed by atoms with Crippen molar-refractivity contribution in [2.45, 2.75) is 32.7 Å². The molecule has 1 atom stereocenters. The van der Waals surface area contributed by atoms with E-state index in [4.69, 9.17) is 35.3 Å². The molecule has 0 N–H and O–H groups in total. The Bertz CT molecular complexity index is 1580. The first-order valence-electron chi connectivity index (χ1n) is 13.4. The third-order valence-electron chi connectivity index (χ3n) is 7.12. The Morgan fingerprint density at radius 3 is 2.10 bits per heavy atom. The first-order valence-corrected chi connectivity index (χ1v) is 13.8. The van der Waals surface area contributed by atoms with Gasteiger partial charge in [0.2, 0.25) is 5.91 Å².